The van der Waals surface area contributed by atoms with E-state index in [-0.39, 0.29) is 17.9 Å². The molecular weight excluding hydrogens is 458 g/mol. The second-order valence-corrected chi connectivity index (χ2v) is 10.2. The number of unbranched alkanes of at least 4 members (excludes halogenated alkanes) is 1. The van der Waals surface area contributed by atoms with Gasteiger partial charge in [-0.25, -0.2) is 10.2 Å². The van der Waals surface area contributed by atoms with Crippen LogP contribution in [-0.4, -0.2) is 46.3 Å². The van der Waals surface area contributed by atoms with E-state index in [1.165, 1.54) is 12.8 Å². The summed E-state index contributed by atoms with van der Waals surface area (Å²) < 4.78 is 11.1. The van der Waals surface area contributed by atoms with Gasteiger partial charge in [0.05, 0.1) is 6.61 Å². The van der Waals surface area contributed by atoms with Crippen LogP contribution in [0, 0.1) is 0 Å². The van der Waals surface area contributed by atoms with Gasteiger partial charge in [0.2, 0.25) is 0 Å². The van der Waals surface area contributed by atoms with E-state index in [1.54, 1.807) is 0 Å². The average molecular weight is 500 g/mol. The maximum Gasteiger partial charge on any atom is 0.422 e. The lowest BCUT2D eigenvalue weighted by Crippen LogP contribution is -2.42. The van der Waals surface area contributed by atoms with E-state index >= 15 is 0 Å². The number of nitrogens with two attached hydrogens (primary N) is 2. The normalized spacial score (nSPS) is 15.0. The lowest BCUT2D eigenvalue weighted by molar-refractivity contribution is 0.0489. The number of nitrogen functional groups attached to an aromatic ring is 2. The number of hydrogen-bond donors (Lipinski definition) is 4. The number of ether oxygens (including phenoxy) is 2. The number of hydrogen-bond acceptors (Lipinski definition) is 9. The fourth-order valence-corrected chi connectivity index (χ4v) is 4.16. The van der Waals surface area contributed by atoms with E-state index < -0.39 is 11.7 Å². The first-order chi connectivity index (χ1) is 17.1. The molecule has 1 fully saturated rings. The van der Waals surface area contributed by atoms with Crippen LogP contribution in [0.2, 0.25) is 0 Å². The molecule has 1 saturated heterocycles. The molecule has 2 aromatic rings. The predicted molar refractivity (Wildman–Crippen MR) is 142 cm³/mol. The minimum Gasteiger partial charge on any atom is -0.463 e. The van der Waals surface area contributed by atoms with Crippen LogP contribution in [0.5, 0.6) is 6.01 Å². The molecule has 1 aromatic heterocycles. The minimum absolute atomic E-state index is 0.181. The third-order valence-electron chi connectivity index (χ3n) is 5.95. The Morgan fingerprint density at radius 1 is 1.19 bits per heavy atom. The molecule has 10 nitrogen and oxygen atoms in total. The molecule has 0 bridgehead atoms. The van der Waals surface area contributed by atoms with Crippen LogP contribution in [-0.2, 0) is 11.3 Å². The van der Waals surface area contributed by atoms with Crippen molar-refractivity contribution >= 4 is 17.6 Å². The van der Waals surface area contributed by atoms with Crippen molar-refractivity contribution in [3.8, 4) is 17.3 Å². The van der Waals surface area contributed by atoms with Gasteiger partial charge in [0, 0.05) is 18.2 Å². The van der Waals surface area contributed by atoms with E-state index in [1.807, 2.05) is 39.8 Å². The molecule has 10 heteroatoms. The second-order valence-electron chi connectivity index (χ2n) is 10.2. The lowest BCUT2D eigenvalue weighted by Gasteiger charge is -2.25. The van der Waals surface area contributed by atoms with Gasteiger partial charge in [0.15, 0.2) is 5.82 Å². The molecule has 2 heterocycles. The largest absolute Gasteiger partial charge is 0.463 e. The summed E-state index contributed by atoms with van der Waals surface area (Å²) in [6.07, 6.45) is 3.70. The van der Waals surface area contributed by atoms with Crippen molar-refractivity contribution in [2.24, 2.45) is 0 Å². The zero-order chi connectivity index (χ0) is 26.3. The fourth-order valence-electron chi connectivity index (χ4n) is 4.16. The first-order valence-electron chi connectivity index (χ1n) is 12.7. The van der Waals surface area contributed by atoms with Gasteiger partial charge in [0.25, 0.3) is 0 Å². The highest BCUT2D eigenvalue weighted by molar-refractivity contribution is 5.83. The summed E-state index contributed by atoms with van der Waals surface area (Å²) in [5.41, 5.74) is 21.4. The van der Waals surface area contributed by atoms with Gasteiger partial charge in [-0.05, 0) is 71.2 Å². The maximum absolute atomic E-state index is 12.2. The van der Waals surface area contributed by atoms with Crippen molar-refractivity contribution in [1.82, 2.24) is 25.7 Å². The minimum atomic E-state index is -0.600. The molecule has 1 amide bonds. The Labute approximate surface area is 214 Å². The Hall–Kier alpha value is -3.11. The number of nitrogens with zero attached hydrogens (tertiary/aromatic N) is 3. The van der Waals surface area contributed by atoms with Gasteiger partial charge in [0.1, 0.15) is 17.0 Å². The van der Waals surface area contributed by atoms with Gasteiger partial charge >= 0.3 is 12.1 Å². The van der Waals surface area contributed by atoms with Gasteiger partial charge in [-0.2, -0.15) is 9.97 Å². The maximum atomic E-state index is 12.2. The molecule has 1 aromatic carbocycles. The number of carbonyl (C=O) groups is 1. The van der Waals surface area contributed by atoms with Crippen molar-refractivity contribution in [2.45, 2.75) is 78.5 Å². The van der Waals surface area contributed by atoms with E-state index in [9.17, 15) is 4.79 Å². The summed E-state index contributed by atoms with van der Waals surface area (Å²) in [5, 5.41) is 0. The number of likely N-dealkylation sites (tertiary alicyclic amines) is 1. The first kappa shape index (κ1) is 27.5. The molecule has 0 saturated carbocycles. The molecule has 1 unspecified atom stereocenters. The molecule has 0 radical (unpaired) electrons. The molecule has 0 spiro atoms. The Morgan fingerprint density at radius 2 is 1.92 bits per heavy atom. The molecule has 1 aliphatic rings. The smallest absolute Gasteiger partial charge is 0.422 e. The summed E-state index contributed by atoms with van der Waals surface area (Å²) >= 11 is 0. The number of anilines is 2. The highest BCUT2D eigenvalue weighted by Crippen LogP contribution is 2.37. The SMILES string of the molecule is CCCCOc1nc(N)c(N)c(-c2c(CN3CCCC3)cccc2C(C)NNC(=O)OC(C)(C)C)n1. The summed E-state index contributed by atoms with van der Waals surface area (Å²) in [6, 6.07) is 6.01. The van der Waals surface area contributed by atoms with E-state index in [4.69, 9.17) is 25.9 Å². The summed E-state index contributed by atoms with van der Waals surface area (Å²) in [5.74, 6) is 0.181. The topological polar surface area (TPSA) is 141 Å². The highest BCUT2D eigenvalue weighted by Gasteiger charge is 2.24. The molecular formula is C26H41N7O3. The lowest BCUT2D eigenvalue weighted by atomic mass is 9.93. The zero-order valence-electron chi connectivity index (χ0n) is 22.2. The predicted octanol–water partition coefficient (Wildman–Crippen LogP) is 4.17. The van der Waals surface area contributed by atoms with Crippen LogP contribution in [0.4, 0.5) is 16.3 Å². The Morgan fingerprint density at radius 3 is 2.58 bits per heavy atom. The third kappa shape index (κ3) is 7.44. The summed E-state index contributed by atoms with van der Waals surface area (Å²) in [6.45, 7) is 12.8. The number of rotatable bonds is 10. The number of hydrazine groups is 1. The van der Waals surface area contributed by atoms with Crippen molar-refractivity contribution < 1.29 is 14.3 Å². The zero-order valence-corrected chi connectivity index (χ0v) is 22.2. The molecule has 3 rings (SSSR count). The molecule has 1 atom stereocenters. The van der Waals surface area contributed by atoms with E-state index in [2.05, 4.69) is 33.7 Å². The number of benzene rings is 1. The molecule has 198 valence electrons. The Bertz CT molecular complexity index is 1030. The quantitative estimate of drug-likeness (QED) is 0.280. The molecule has 36 heavy (non-hydrogen) atoms. The van der Waals surface area contributed by atoms with Crippen molar-refractivity contribution in [3.05, 3.63) is 29.3 Å². The fraction of sp³-hybridized carbons (Fsp3) is 0.577. The standard InChI is InChI=1S/C26H41N7O3/c1-6-7-15-35-24-29-22(21(27)23(28)30-24)20-18(16-33-13-8-9-14-33)11-10-12-19(20)17(2)31-32-25(34)36-26(3,4)5/h10-12,17,31H,6-9,13-16,27H2,1-5H3,(H,32,34)(H2,28,29,30). The number of nitrogens with one attached hydrogen (secondary N) is 2. The summed E-state index contributed by atoms with van der Waals surface area (Å²) in [7, 11) is 0. The van der Waals surface area contributed by atoms with Crippen molar-refractivity contribution in [1.29, 1.82) is 0 Å². The number of amides is 1. The number of carbonyl (C=O) groups excluding carboxylic acids is 1. The van der Waals surface area contributed by atoms with Crippen LogP contribution >= 0.6 is 0 Å². The van der Waals surface area contributed by atoms with Gasteiger partial charge in [-0.1, -0.05) is 31.5 Å². The first-order valence-corrected chi connectivity index (χ1v) is 12.7. The summed E-state index contributed by atoms with van der Waals surface area (Å²) in [4.78, 5) is 23.6. The highest BCUT2D eigenvalue weighted by atomic mass is 16.6. The van der Waals surface area contributed by atoms with Crippen LogP contribution in [0.3, 0.4) is 0 Å². The number of aromatic nitrogens is 2. The van der Waals surface area contributed by atoms with Gasteiger partial charge < -0.3 is 20.9 Å². The van der Waals surface area contributed by atoms with Gasteiger partial charge in [-0.3, -0.25) is 10.3 Å². The van der Waals surface area contributed by atoms with Crippen molar-refractivity contribution in [3.63, 3.8) is 0 Å². The third-order valence-corrected chi connectivity index (χ3v) is 5.95. The second kappa shape index (κ2) is 12.2. The average Bonchev–Trinajstić information content (AvgIpc) is 3.32. The van der Waals surface area contributed by atoms with Crippen LogP contribution in [0.15, 0.2) is 18.2 Å². The monoisotopic (exact) mass is 499 g/mol. The Balaban J connectivity index is 1.99. The van der Waals surface area contributed by atoms with E-state index in [0.717, 1.165) is 49.2 Å². The molecule has 1 aliphatic heterocycles. The van der Waals surface area contributed by atoms with Crippen LogP contribution < -0.4 is 27.1 Å². The van der Waals surface area contributed by atoms with Crippen LogP contribution in [0.1, 0.15) is 77.5 Å². The molecule has 6 N–H and O–H groups in total. The van der Waals surface area contributed by atoms with E-state index in [0.29, 0.717) is 18.0 Å². The van der Waals surface area contributed by atoms with Gasteiger partial charge in [-0.15, -0.1) is 0 Å². The van der Waals surface area contributed by atoms with Crippen molar-refractivity contribution in [2.75, 3.05) is 31.2 Å². The Kier molecular flexibility index (Phi) is 9.33. The van der Waals surface area contributed by atoms with Crippen LogP contribution in [0.25, 0.3) is 11.3 Å². The molecule has 0 aliphatic carbocycles.